The Hall–Kier alpha value is -2.57. The summed E-state index contributed by atoms with van der Waals surface area (Å²) >= 11 is 0. The van der Waals surface area contributed by atoms with Crippen molar-refractivity contribution in [2.75, 3.05) is 34.9 Å². The zero-order valence-electron chi connectivity index (χ0n) is 15.3. The molecule has 0 heterocycles. The maximum absolute atomic E-state index is 11.6. The molecule has 0 fully saturated rings. The topological polar surface area (TPSA) is 63.2 Å². The Labute approximate surface area is 153 Å². The quantitative estimate of drug-likeness (QED) is 0.478. The van der Waals surface area contributed by atoms with E-state index >= 15 is 0 Å². The summed E-state index contributed by atoms with van der Waals surface area (Å²) in [5.41, 5.74) is 2.80. The second kappa shape index (κ2) is 10.4. The van der Waals surface area contributed by atoms with E-state index in [1.54, 1.807) is 20.3 Å². The summed E-state index contributed by atoms with van der Waals surface area (Å²) in [7, 11) is 4.50. The van der Waals surface area contributed by atoms with E-state index in [9.17, 15) is 4.79 Å². The number of hydrogen-bond donors (Lipinski definition) is 0. The molecule has 6 nitrogen and oxygen atoms in total. The highest BCUT2D eigenvalue weighted by atomic mass is 16.7. The van der Waals surface area contributed by atoms with Crippen molar-refractivity contribution in [2.24, 2.45) is 0 Å². The Morgan fingerprint density at radius 1 is 0.923 bits per heavy atom. The molecule has 2 rings (SSSR count). The molecular formula is C20H24O6. The van der Waals surface area contributed by atoms with E-state index in [0.29, 0.717) is 17.9 Å². The first-order valence-electron chi connectivity index (χ1n) is 8.22. The van der Waals surface area contributed by atoms with Crippen LogP contribution in [0.4, 0.5) is 0 Å². The zero-order valence-corrected chi connectivity index (χ0v) is 15.3. The first-order chi connectivity index (χ1) is 12.7. The largest absolute Gasteiger partial charge is 0.469 e. The van der Waals surface area contributed by atoms with Crippen LogP contribution in [0.2, 0.25) is 0 Å². The molecule has 0 radical (unpaired) electrons. The van der Waals surface area contributed by atoms with E-state index in [0.717, 1.165) is 16.7 Å². The number of esters is 1. The SMILES string of the molecule is COCOc1cc(CCC(=O)OC)c(-c2ccccc2)c(OCOC)c1. The van der Waals surface area contributed by atoms with Crippen LogP contribution in [-0.4, -0.2) is 40.9 Å². The molecule has 0 N–H and O–H groups in total. The minimum absolute atomic E-state index is 0.101. The van der Waals surface area contributed by atoms with Crippen LogP contribution in [0.3, 0.4) is 0 Å². The van der Waals surface area contributed by atoms with Gasteiger partial charge in [0, 0.05) is 32.3 Å². The van der Waals surface area contributed by atoms with Gasteiger partial charge in [0.15, 0.2) is 13.6 Å². The third-order valence-electron chi connectivity index (χ3n) is 3.72. The van der Waals surface area contributed by atoms with Gasteiger partial charge < -0.3 is 23.7 Å². The first kappa shape index (κ1) is 19.8. The van der Waals surface area contributed by atoms with Crippen LogP contribution in [0.25, 0.3) is 11.1 Å². The molecule has 0 atom stereocenters. The molecule has 0 unspecified atom stereocenters. The molecule has 0 amide bonds. The lowest BCUT2D eigenvalue weighted by atomic mass is 9.95. The van der Waals surface area contributed by atoms with E-state index in [1.807, 2.05) is 36.4 Å². The molecule has 2 aromatic carbocycles. The first-order valence-corrected chi connectivity index (χ1v) is 8.22. The summed E-state index contributed by atoms with van der Waals surface area (Å²) in [5.74, 6) is 0.940. The molecule has 0 aliphatic carbocycles. The van der Waals surface area contributed by atoms with Gasteiger partial charge in [0.2, 0.25) is 0 Å². The molecule has 0 aliphatic heterocycles. The lowest BCUT2D eigenvalue weighted by Gasteiger charge is -2.18. The van der Waals surface area contributed by atoms with E-state index in [-0.39, 0.29) is 26.0 Å². The fourth-order valence-electron chi connectivity index (χ4n) is 2.56. The summed E-state index contributed by atoms with van der Waals surface area (Å²) in [6.45, 7) is 0.217. The summed E-state index contributed by atoms with van der Waals surface area (Å²) in [6.07, 6.45) is 0.748. The van der Waals surface area contributed by atoms with E-state index in [2.05, 4.69) is 0 Å². The number of carbonyl (C=O) groups excluding carboxylic acids is 1. The smallest absolute Gasteiger partial charge is 0.305 e. The second-order valence-electron chi connectivity index (χ2n) is 5.50. The molecule has 0 saturated heterocycles. The van der Waals surface area contributed by atoms with Crippen molar-refractivity contribution in [3.8, 4) is 22.6 Å². The number of methoxy groups -OCH3 is 3. The third kappa shape index (κ3) is 5.47. The van der Waals surface area contributed by atoms with Crippen LogP contribution in [0, 0.1) is 0 Å². The van der Waals surface area contributed by atoms with Crippen molar-refractivity contribution >= 4 is 5.97 Å². The molecule has 0 saturated carbocycles. The highest BCUT2D eigenvalue weighted by Gasteiger charge is 2.16. The fourth-order valence-corrected chi connectivity index (χ4v) is 2.56. The van der Waals surface area contributed by atoms with Gasteiger partial charge in [-0.1, -0.05) is 30.3 Å². The Kier molecular flexibility index (Phi) is 7.92. The Morgan fingerprint density at radius 2 is 1.62 bits per heavy atom. The number of aryl methyl sites for hydroxylation is 1. The number of benzene rings is 2. The lowest BCUT2D eigenvalue weighted by Crippen LogP contribution is -2.07. The number of ether oxygens (including phenoxy) is 5. The van der Waals surface area contributed by atoms with Crippen molar-refractivity contribution in [3.05, 3.63) is 48.0 Å². The highest BCUT2D eigenvalue weighted by Crippen LogP contribution is 2.38. The summed E-state index contributed by atoms with van der Waals surface area (Å²) in [4.78, 5) is 11.6. The summed E-state index contributed by atoms with van der Waals surface area (Å²) in [5, 5.41) is 0. The average molecular weight is 360 g/mol. The third-order valence-corrected chi connectivity index (χ3v) is 3.72. The minimum atomic E-state index is -0.272. The van der Waals surface area contributed by atoms with E-state index in [4.69, 9.17) is 23.7 Å². The predicted octanol–water partition coefficient (Wildman–Crippen LogP) is 3.42. The van der Waals surface area contributed by atoms with Crippen LogP contribution >= 0.6 is 0 Å². The van der Waals surface area contributed by atoms with Gasteiger partial charge in [-0.2, -0.15) is 0 Å². The lowest BCUT2D eigenvalue weighted by molar-refractivity contribution is -0.140. The predicted molar refractivity (Wildman–Crippen MR) is 97.2 cm³/mol. The minimum Gasteiger partial charge on any atom is -0.469 e. The number of carbonyl (C=O) groups is 1. The van der Waals surface area contributed by atoms with Crippen molar-refractivity contribution in [3.63, 3.8) is 0 Å². The Bertz CT molecular complexity index is 699. The maximum atomic E-state index is 11.6. The van der Waals surface area contributed by atoms with Gasteiger partial charge in [-0.15, -0.1) is 0 Å². The van der Waals surface area contributed by atoms with E-state index in [1.165, 1.54) is 7.11 Å². The van der Waals surface area contributed by atoms with Gasteiger partial charge in [-0.25, -0.2) is 0 Å². The molecule has 140 valence electrons. The Balaban J connectivity index is 2.48. The van der Waals surface area contributed by atoms with Crippen LogP contribution < -0.4 is 9.47 Å². The van der Waals surface area contributed by atoms with Crippen molar-refractivity contribution in [2.45, 2.75) is 12.8 Å². The van der Waals surface area contributed by atoms with Gasteiger partial charge >= 0.3 is 5.97 Å². The standard InChI is InChI=1S/C20H24O6/c1-22-13-25-17-11-16(9-10-19(21)24-3)20(15-7-5-4-6-8-15)18(12-17)26-14-23-2/h4-8,11-12H,9-10,13-14H2,1-3H3. The van der Waals surface area contributed by atoms with Crippen LogP contribution in [0.1, 0.15) is 12.0 Å². The van der Waals surface area contributed by atoms with Crippen molar-refractivity contribution in [1.82, 2.24) is 0 Å². The number of hydrogen-bond acceptors (Lipinski definition) is 6. The Morgan fingerprint density at radius 3 is 2.27 bits per heavy atom. The number of rotatable bonds is 10. The van der Waals surface area contributed by atoms with Gasteiger partial charge in [0.1, 0.15) is 11.5 Å². The molecule has 26 heavy (non-hydrogen) atoms. The van der Waals surface area contributed by atoms with Gasteiger partial charge in [-0.05, 0) is 23.6 Å². The molecule has 6 heteroatoms. The summed E-state index contributed by atoms with van der Waals surface area (Å²) in [6, 6.07) is 13.5. The van der Waals surface area contributed by atoms with Crippen LogP contribution in [0.15, 0.2) is 42.5 Å². The van der Waals surface area contributed by atoms with Crippen molar-refractivity contribution in [1.29, 1.82) is 0 Å². The fraction of sp³-hybridized carbons (Fsp3) is 0.350. The molecule has 0 aromatic heterocycles. The normalized spacial score (nSPS) is 10.4. The van der Waals surface area contributed by atoms with Gasteiger partial charge in [-0.3, -0.25) is 4.79 Å². The highest BCUT2D eigenvalue weighted by molar-refractivity contribution is 5.77. The second-order valence-corrected chi connectivity index (χ2v) is 5.50. The van der Waals surface area contributed by atoms with E-state index < -0.39 is 0 Å². The monoisotopic (exact) mass is 360 g/mol. The molecular weight excluding hydrogens is 336 g/mol. The van der Waals surface area contributed by atoms with Gasteiger partial charge in [0.25, 0.3) is 0 Å². The molecule has 2 aromatic rings. The molecule has 0 aliphatic rings. The molecule has 0 bridgehead atoms. The van der Waals surface area contributed by atoms with Crippen LogP contribution in [0.5, 0.6) is 11.5 Å². The average Bonchev–Trinajstić information content (AvgIpc) is 2.69. The van der Waals surface area contributed by atoms with Gasteiger partial charge in [0.05, 0.1) is 7.11 Å². The van der Waals surface area contributed by atoms with Crippen molar-refractivity contribution < 1.29 is 28.5 Å². The summed E-state index contributed by atoms with van der Waals surface area (Å²) < 4.78 is 26.2. The molecule has 0 spiro atoms. The maximum Gasteiger partial charge on any atom is 0.305 e. The van der Waals surface area contributed by atoms with Crippen LogP contribution in [-0.2, 0) is 25.4 Å². The zero-order chi connectivity index (χ0) is 18.8.